The van der Waals surface area contributed by atoms with Crippen LogP contribution in [0.5, 0.6) is 0 Å². The predicted molar refractivity (Wildman–Crippen MR) is 160 cm³/mol. The molecule has 0 heterocycles. The molecule has 2 unspecified atom stereocenters. The molecular weight excluding hydrogens is 472 g/mol. The molecule has 0 aromatic rings. The van der Waals surface area contributed by atoms with Gasteiger partial charge in [-0.2, -0.15) is 0 Å². The quantitative estimate of drug-likeness (QED) is 0.115. The van der Waals surface area contributed by atoms with Gasteiger partial charge in [-0.3, -0.25) is 9.59 Å². The highest BCUT2D eigenvalue weighted by molar-refractivity contribution is 5.75. The molecule has 1 aliphatic rings. The summed E-state index contributed by atoms with van der Waals surface area (Å²) < 4.78 is 11.6. The van der Waals surface area contributed by atoms with Gasteiger partial charge in [0.2, 0.25) is 0 Å². The van der Waals surface area contributed by atoms with E-state index in [0.29, 0.717) is 25.0 Å². The van der Waals surface area contributed by atoms with Gasteiger partial charge in [0.1, 0.15) is 0 Å². The number of rotatable bonds is 20. The van der Waals surface area contributed by atoms with Crippen molar-refractivity contribution >= 4 is 11.9 Å². The smallest absolute Gasteiger partial charge is 0.308 e. The van der Waals surface area contributed by atoms with Crippen LogP contribution in [0.1, 0.15) is 158 Å². The second-order valence-electron chi connectivity index (χ2n) is 13.9. The number of esters is 2. The number of carbonyl (C=O) groups is 2. The summed E-state index contributed by atoms with van der Waals surface area (Å²) in [6.45, 7) is 19.1. The van der Waals surface area contributed by atoms with E-state index in [1.807, 2.05) is 0 Å². The van der Waals surface area contributed by atoms with E-state index >= 15 is 0 Å². The maximum Gasteiger partial charge on any atom is 0.308 e. The van der Waals surface area contributed by atoms with Crippen LogP contribution >= 0.6 is 0 Å². The third kappa shape index (κ3) is 13.3. The van der Waals surface area contributed by atoms with E-state index in [-0.39, 0.29) is 34.6 Å². The normalized spacial score (nSPS) is 20.1. The Balaban J connectivity index is 2.32. The third-order valence-electron chi connectivity index (χ3n) is 9.86. The van der Waals surface area contributed by atoms with Crippen LogP contribution in [0.25, 0.3) is 0 Å². The fourth-order valence-electron chi connectivity index (χ4n) is 5.53. The van der Waals surface area contributed by atoms with Gasteiger partial charge >= 0.3 is 11.9 Å². The number of carbonyl (C=O) groups excluding carboxylic acids is 2. The average Bonchev–Trinajstić information content (AvgIpc) is 2.89. The van der Waals surface area contributed by atoms with Crippen LogP contribution in [-0.4, -0.2) is 25.2 Å². The molecule has 1 rings (SSSR count). The molecule has 4 nitrogen and oxygen atoms in total. The SMILES string of the molecule is CCCCCCCC(C)(C)C(C)COC(=O)C1CCC(C(=O)OCC(C)C(C)(C)CCCCCCC)CC1. The van der Waals surface area contributed by atoms with Crippen LogP contribution in [0.15, 0.2) is 0 Å². The number of unbranched alkanes of at least 4 members (excludes halogenated alkanes) is 8. The van der Waals surface area contributed by atoms with Crippen LogP contribution in [0.2, 0.25) is 0 Å². The lowest BCUT2D eigenvalue weighted by Gasteiger charge is -2.33. The highest BCUT2D eigenvalue weighted by atomic mass is 16.5. The minimum atomic E-state index is -0.0750. The van der Waals surface area contributed by atoms with Gasteiger partial charge in [-0.05, 0) is 61.2 Å². The molecule has 0 spiro atoms. The van der Waals surface area contributed by atoms with Gasteiger partial charge < -0.3 is 9.47 Å². The van der Waals surface area contributed by atoms with E-state index in [9.17, 15) is 9.59 Å². The zero-order chi connectivity index (χ0) is 28.6. The molecule has 0 aromatic carbocycles. The van der Waals surface area contributed by atoms with Gasteiger partial charge in [-0.15, -0.1) is 0 Å². The zero-order valence-corrected chi connectivity index (χ0v) is 26.7. The molecule has 0 N–H and O–H groups in total. The van der Waals surface area contributed by atoms with Crippen LogP contribution in [0, 0.1) is 34.5 Å². The van der Waals surface area contributed by atoms with Crippen molar-refractivity contribution in [3.63, 3.8) is 0 Å². The van der Waals surface area contributed by atoms with E-state index < -0.39 is 0 Å². The Labute approximate surface area is 236 Å². The third-order valence-corrected chi connectivity index (χ3v) is 9.86. The van der Waals surface area contributed by atoms with Gasteiger partial charge in [0.05, 0.1) is 25.0 Å². The summed E-state index contributed by atoms with van der Waals surface area (Å²) in [6, 6.07) is 0. The molecule has 0 bridgehead atoms. The van der Waals surface area contributed by atoms with Crippen molar-refractivity contribution < 1.29 is 19.1 Å². The molecule has 0 saturated heterocycles. The Morgan fingerprint density at radius 1 is 0.605 bits per heavy atom. The van der Waals surface area contributed by atoms with Crippen molar-refractivity contribution in [2.45, 2.75) is 158 Å². The van der Waals surface area contributed by atoms with E-state index in [1.54, 1.807) is 0 Å². The highest BCUT2D eigenvalue weighted by Gasteiger charge is 2.34. The molecule has 0 aromatic heterocycles. The lowest BCUT2D eigenvalue weighted by molar-refractivity contribution is -0.157. The lowest BCUT2D eigenvalue weighted by Crippen LogP contribution is -2.32. The van der Waals surface area contributed by atoms with Gasteiger partial charge in [0, 0.05) is 0 Å². The second kappa shape index (κ2) is 18.3. The first-order valence-electron chi connectivity index (χ1n) is 16.3. The molecule has 4 heteroatoms. The second-order valence-corrected chi connectivity index (χ2v) is 13.9. The van der Waals surface area contributed by atoms with Gasteiger partial charge in [-0.25, -0.2) is 0 Å². The van der Waals surface area contributed by atoms with Crippen molar-refractivity contribution in [2.24, 2.45) is 34.5 Å². The van der Waals surface area contributed by atoms with Gasteiger partial charge in [0.25, 0.3) is 0 Å². The predicted octanol–water partition coefficient (Wildman–Crippen LogP) is 9.92. The standard InChI is InChI=1S/C34H64O4/c1-9-11-13-15-17-23-33(5,6)27(3)25-37-31(35)29-19-21-30(22-20-29)32(36)38-26-28(4)34(7,8)24-18-16-14-12-10-2/h27-30H,9-26H2,1-8H3. The summed E-state index contributed by atoms with van der Waals surface area (Å²) in [7, 11) is 0. The van der Waals surface area contributed by atoms with E-state index in [4.69, 9.17) is 9.47 Å². The van der Waals surface area contributed by atoms with Gasteiger partial charge in [-0.1, -0.05) is 120 Å². The minimum absolute atomic E-state index is 0.0725. The van der Waals surface area contributed by atoms with Crippen LogP contribution in [0.3, 0.4) is 0 Å². The van der Waals surface area contributed by atoms with Crippen molar-refractivity contribution in [1.29, 1.82) is 0 Å². The summed E-state index contributed by atoms with van der Waals surface area (Å²) in [5.74, 6) is 0.384. The van der Waals surface area contributed by atoms with Crippen molar-refractivity contribution in [3.05, 3.63) is 0 Å². The van der Waals surface area contributed by atoms with Crippen LogP contribution in [0.4, 0.5) is 0 Å². The first-order chi connectivity index (χ1) is 17.9. The molecule has 1 saturated carbocycles. The molecule has 0 amide bonds. The van der Waals surface area contributed by atoms with Gasteiger partial charge in [0.15, 0.2) is 0 Å². The molecule has 1 fully saturated rings. The highest BCUT2D eigenvalue weighted by Crippen LogP contribution is 2.36. The largest absolute Gasteiger partial charge is 0.465 e. The maximum atomic E-state index is 12.8. The molecule has 1 aliphatic carbocycles. The van der Waals surface area contributed by atoms with Crippen molar-refractivity contribution in [1.82, 2.24) is 0 Å². The Bertz CT molecular complexity index is 589. The lowest BCUT2D eigenvalue weighted by atomic mass is 9.76. The summed E-state index contributed by atoms with van der Waals surface area (Å²) in [5.41, 5.74) is 0.351. The molecular formula is C34H64O4. The fraction of sp³-hybridized carbons (Fsp3) is 0.941. The summed E-state index contributed by atoms with van der Waals surface area (Å²) in [6.07, 6.45) is 18.2. The Kier molecular flexibility index (Phi) is 16.9. The first-order valence-corrected chi connectivity index (χ1v) is 16.3. The Hall–Kier alpha value is -1.06. The van der Waals surface area contributed by atoms with Crippen LogP contribution < -0.4 is 0 Å². The van der Waals surface area contributed by atoms with Crippen molar-refractivity contribution in [2.75, 3.05) is 13.2 Å². The Morgan fingerprint density at radius 3 is 1.24 bits per heavy atom. The fourth-order valence-corrected chi connectivity index (χ4v) is 5.53. The van der Waals surface area contributed by atoms with E-state index in [2.05, 4.69) is 55.4 Å². The van der Waals surface area contributed by atoms with E-state index in [0.717, 1.165) is 25.7 Å². The summed E-state index contributed by atoms with van der Waals surface area (Å²) in [4.78, 5) is 25.5. The van der Waals surface area contributed by atoms with E-state index in [1.165, 1.54) is 77.0 Å². The topological polar surface area (TPSA) is 52.6 Å². The maximum absolute atomic E-state index is 12.8. The molecule has 38 heavy (non-hydrogen) atoms. The first kappa shape index (κ1) is 35.0. The van der Waals surface area contributed by atoms with Crippen LogP contribution in [-0.2, 0) is 19.1 Å². The Morgan fingerprint density at radius 2 is 0.921 bits per heavy atom. The summed E-state index contributed by atoms with van der Waals surface area (Å²) in [5, 5.41) is 0. The monoisotopic (exact) mass is 536 g/mol. The minimum Gasteiger partial charge on any atom is -0.465 e. The molecule has 0 radical (unpaired) electrons. The van der Waals surface area contributed by atoms with Crippen molar-refractivity contribution in [3.8, 4) is 0 Å². The molecule has 2 atom stereocenters. The zero-order valence-electron chi connectivity index (χ0n) is 26.7. The average molecular weight is 537 g/mol. The molecule has 0 aliphatic heterocycles. The molecule has 224 valence electrons. The summed E-state index contributed by atoms with van der Waals surface area (Å²) >= 11 is 0. The number of ether oxygens (including phenoxy) is 2. The number of hydrogen-bond acceptors (Lipinski definition) is 4. The number of hydrogen-bond donors (Lipinski definition) is 0.